The summed E-state index contributed by atoms with van der Waals surface area (Å²) >= 11 is 0. The summed E-state index contributed by atoms with van der Waals surface area (Å²) in [6.45, 7) is 0.837. The highest BCUT2D eigenvalue weighted by Gasteiger charge is 2.38. The maximum Gasteiger partial charge on any atom is 0.471 e. The molecule has 0 amide bonds. The van der Waals surface area contributed by atoms with E-state index >= 15 is 0 Å². The molecule has 8 nitrogen and oxygen atoms in total. The van der Waals surface area contributed by atoms with Crippen LogP contribution in [0.3, 0.4) is 0 Å². The monoisotopic (exact) mass is 326 g/mol. The molecule has 0 fully saturated rings. The van der Waals surface area contributed by atoms with E-state index in [1.165, 1.54) is 29.5 Å². The minimum Gasteiger partial charge on any atom is -0.329 e. The Balaban J connectivity index is 1.79. The lowest BCUT2D eigenvalue weighted by molar-refractivity contribution is -0.159. The smallest absolute Gasteiger partial charge is 0.329 e. The first-order valence-corrected chi connectivity index (χ1v) is 6.38. The molecule has 0 saturated heterocycles. The predicted molar refractivity (Wildman–Crippen MR) is 69.0 cm³/mol. The van der Waals surface area contributed by atoms with E-state index in [9.17, 15) is 18.0 Å². The third kappa shape index (κ3) is 3.27. The third-order valence-electron chi connectivity index (χ3n) is 2.99. The van der Waals surface area contributed by atoms with E-state index in [4.69, 9.17) is 0 Å². The van der Waals surface area contributed by atoms with Gasteiger partial charge in [0.25, 0.3) is 5.56 Å². The van der Waals surface area contributed by atoms with Crippen LogP contribution < -0.4 is 5.56 Å². The van der Waals surface area contributed by atoms with Crippen molar-refractivity contribution in [3.8, 4) is 11.4 Å². The van der Waals surface area contributed by atoms with Gasteiger partial charge in [-0.3, -0.25) is 4.79 Å². The number of alkyl halides is 3. The van der Waals surface area contributed by atoms with Crippen LogP contribution in [0, 0.1) is 0 Å². The zero-order valence-electron chi connectivity index (χ0n) is 11.4. The van der Waals surface area contributed by atoms with Crippen LogP contribution in [0.15, 0.2) is 40.3 Å². The predicted octanol–water partition coefficient (Wildman–Crippen LogP) is 1.21. The van der Waals surface area contributed by atoms with Crippen molar-refractivity contribution in [1.82, 2.24) is 29.5 Å². The molecular weight excluding hydrogens is 317 g/mol. The molecule has 0 aromatic carbocycles. The summed E-state index contributed by atoms with van der Waals surface area (Å²) in [5.74, 6) is -1.75. The zero-order chi connectivity index (χ0) is 16.4. The van der Waals surface area contributed by atoms with E-state index in [1.807, 2.05) is 0 Å². The normalized spacial score (nSPS) is 11.8. The van der Waals surface area contributed by atoms with Gasteiger partial charge in [-0.15, -0.1) is 10.2 Å². The minimum atomic E-state index is -4.72. The van der Waals surface area contributed by atoms with E-state index in [0.717, 1.165) is 6.07 Å². The van der Waals surface area contributed by atoms with Crippen LogP contribution in [0.5, 0.6) is 0 Å². The second-order valence-electron chi connectivity index (χ2n) is 4.57. The van der Waals surface area contributed by atoms with Gasteiger partial charge in [0.05, 0.1) is 0 Å². The Hall–Kier alpha value is -2.98. The number of rotatable bonds is 4. The first kappa shape index (κ1) is 14.9. The summed E-state index contributed by atoms with van der Waals surface area (Å²) < 4.78 is 44.5. The van der Waals surface area contributed by atoms with Crippen molar-refractivity contribution in [2.75, 3.05) is 0 Å². The zero-order valence-corrected chi connectivity index (χ0v) is 11.4. The van der Waals surface area contributed by atoms with Crippen LogP contribution in [0.25, 0.3) is 11.4 Å². The first-order chi connectivity index (χ1) is 10.9. The highest BCUT2D eigenvalue weighted by molar-refractivity contribution is 5.52. The van der Waals surface area contributed by atoms with Crippen molar-refractivity contribution in [3.05, 3.63) is 47.2 Å². The van der Waals surface area contributed by atoms with Crippen molar-refractivity contribution >= 4 is 0 Å². The number of aryl methyl sites for hydroxylation is 2. The molecule has 0 bridgehead atoms. The Labute approximate surface area is 126 Å². The largest absolute Gasteiger partial charge is 0.471 e. The summed E-state index contributed by atoms with van der Waals surface area (Å²) in [6, 6.07) is 2.59. The summed E-state index contributed by atoms with van der Waals surface area (Å²) in [4.78, 5) is 15.2. The third-order valence-corrected chi connectivity index (χ3v) is 2.99. The van der Waals surface area contributed by atoms with E-state index in [1.54, 1.807) is 4.57 Å². The van der Waals surface area contributed by atoms with Gasteiger partial charge in [-0.1, -0.05) is 5.16 Å². The lowest BCUT2D eigenvalue weighted by Crippen LogP contribution is -2.21. The van der Waals surface area contributed by atoms with Gasteiger partial charge in [0, 0.05) is 30.9 Å². The standard InChI is InChI=1S/C12H9F3N6O2/c13-12(14,15)11-18-10(19-23-11)8-1-2-21(9(22)5-8)4-3-20-6-16-17-7-20/h1-2,5-7H,3-4H2. The van der Waals surface area contributed by atoms with Crippen molar-refractivity contribution < 1.29 is 17.7 Å². The average molecular weight is 326 g/mol. The lowest BCUT2D eigenvalue weighted by Gasteiger charge is -2.06. The van der Waals surface area contributed by atoms with Gasteiger partial charge in [0.15, 0.2) is 0 Å². The van der Waals surface area contributed by atoms with Gasteiger partial charge in [-0.2, -0.15) is 18.2 Å². The molecule has 0 saturated carbocycles. The van der Waals surface area contributed by atoms with Gasteiger partial charge in [0.2, 0.25) is 5.82 Å². The number of aromatic nitrogens is 6. The van der Waals surface area contributed by atoms with Gasteiger partial charge < -0.3 is 13.7 Å². The fraction of sp³-hybridized carbons (Fsp3) is 0.250. The number of halogens is 3. The van der Waals surface area contributed by atoms with Crippen LogP contribution in [0.4, 0.5) is 13.2 Å². The molecular formula is C12H9F3N6O2. The molecule has 0 aliphatic heterocycles. The molecule has 0 aliphatic rings. The van der Waals surface area contributed by atoms with E-state index in [2.05, 4.69) is 24.9 Å². The number of pyridine rings is 1. The van der Waals surface area contributed by atoms with Gasteiger partial charge in [0.1, 0.15) is 12.7 Å². The second kappa shape index (κ2) is 5.66. The Morgan fingerprint density at radius 2 is 1.91 bits per heavy atom. The van der Waals surface area contributed by atoms with Crippen LogP contribution in [0.2, 0.25) is 0 Å². The molecule has 120 valence electrons. The van der Waals surface area contributed by atoms with E-state index in [0.29, 0.717) is 13.1 Å². The fourth-order valence-corrected chi connectivity index (χ4v) is 1.85. The second-order valence-corrected chi connectivity index (χ2v) is 4.57. The highest BCUT2D eigenvalue weighted by Crippen LogP contribution is 2.28. The molecule has 3 aromatic rings. The molecule has 0 unspecified atom stereocenters. The maximum atomic E-state index is 12.4. The van der Waals surface area contributed by atoms with Gasteiger partial charge >= 0.3 is 12.1 Å². The van der Waals surface area contributed by atoms with Gasteiger partial charge in [-0.05, 0) is 6.07 Å². The molecule has 0 aliphatic carbocycles. The average Bonchev–Trinajstić information content (AvgIpc) is 3.17. The van der Waals surface area contributed by atoms with Crippen LogP contribution in [-0.4, -0.2) is 29.5 Å². The molecule has 3 rings (SSSR count). The van der Waals surface area contributed by atoms with E-state index in [-0.39, 0.29) is 11.4 Å². The van der Waals surface area contributed by atoms with Crippen LogP contribution in [0.1, 0.15) is 5.89 Å². The molecule has 0 atom stereocenters. The molecule has 0 N–H and O–H groups in total. The summed E-state index contributed by atoms with van der Waals surface area (Å²) in [7, 11) is 0. The summed E-state index contributed by atoms with van der Waals surface area (Å²) in [5.41, 5.74) is -0.247. The topological polar surface area (TPSA) is 91.6 Å². The van der Waals surface area contributed by atoms with Crippen molar-refractivity contribution in [3.63, 3.8) is 0 Å². The molecule has 3 aromatic heterocycles. The fourth-order valence-electron chi connectivity index (χ4n) is 1.85. The Kier molecular flexibility index (Phi) is 3.68. The number of hydrogen-bond acceptors (Lipinski definition) is 6. The lowest BCUT2D eigenvalue weighted by atomic mass is 10.2. The number of nitrogens with zero attached hydrogens (tertiary/aromatic N) is 6. The maximum absolute atomic E-state index is 12.4. The Bertz CT molecular complexity index is 852. The summed E-state index contributed by atoms with van der Waals surface area (Å²) in [6.07, 6.45) is -0.251. The molecule has 23 heavy (non-hydrogen) atoms. The first-order valence-electron chi connectivity index (χ1n) is 6.38. The van der Waals surface area contributed by atoms with Crippen LogP contribution >= 0.6 is 0 Å². The quantitative estimate of drug-likeness (QED) is 0.715. The van der Waals surface area contributed by atoms with Crippen LogP contribution in [-0.2, 0) is 19.3 Å². The molecule has 11 heteroatoms. The van der Waals surface area contributed by atoms with Crippen molar-refractivity contribution in [2.45, 2.75) is 19.3 Å². The SMILES string of the molecule is O=c1cc(-c2noc(C(F)(F)F)n2)ccn1CCn1cnnc1. The highest BCUT2D eigenvalue weighted by atomic mass is 19.4. The van der Waals surface area contributed by atoms with E-state index < -0.39 is 17.6 Å². The molecule has 0 radical (unpaired) electrons. The minimum absolute atomic E-state index is 0.148. The molecule has 0 spiro atoms. The molecule has 3 heterocycles. The Morgan fingerprint density at radius 1 is 1.17 bits per heavy atom. The van der Waals surface area contributed by atoms with Crippen molar-refractivity contribution in [1.29, 1.82) is 0 Å². The Morgan fingerprint density at radius 3 is 2.52 bits per heavy atom. The van der Waals surface area contributed by atoms with Crippen molar-refractivity contribution in [2.24, 2.45) is 0 Å². The number of hydrogen-bond donors (Lipinski definition) is 0. The summed E-state index contributed by atoms with van der Waals surface area (Å²) in [5, 5.41) is 10.5. The van der Waals surface area contributed by atoms with Gasteiger partial charge in [-0.25, -0.2) is 0 Å².